The largest absolute Gasteiger partial charge is 0.372 e. The fraction of sp³-hybridized carbons (Fsp3) is 0.400. The van der Waals surface area contributed by atoms with Crippen LogP contribution < -0.4 is 0 Å². The molecule has 0 saturated carbocycles. The van der Waals surface area contributed by atoms with Gasteiger partial charge in [-0.2, -0.15) is 5.26 Å². The van der Waals surface area contributed by atoms with Crippen molar-refractivity contribution in [2.24, 2.45) is 5.92 Å². The van der Waals surface area contributed by atoms with E-state index in [1.807, 2.05) is 18.2 Å². The lowest BCUT2D eigenvalue weighted by molar-refractivity contribution is 0.0909. The molecule has 0 unspecified atom stereocenters. The molecule has 3 nitrogen and oxygen atoms in total. The van der Waals surface area contributed by atoms with Crippen molar-refractivity contribution in [1.82, 2.24) is 0 Å². The molecule has 3 rings (SSSR count). The zero-order chi connectivity index (χ0) is 12.4. The van der Waals surface area contributed by atoms with Crippen molar-refractivity contribution in [2.75, 3.05) is 6.61 Å². The quantitative estimate of drug-likeness (QED) is 0.760. The minimum absolute atomic E-state index is 0.00433. The molecule has 0 radical (unpaired) electrons. The van der Waals surface area contributed by atoms with E-state index >= 15 is 0 Å². The van der Waals surface area contributed by atoms with E-state index < -0.39 is 0 Å². The molecule has 1 aromatic rings. The molecule has 3 atom stereocenters. The number of fused-ring (bicyclic) bond motifs is 2. The topological polar surface area (TPSA) is 42.2 Å². The highest BCUT2D eigenvalue weighted by Gasteiger charge is 2.41. The molecule has 0 aromatic heterocycles. The Hall–Kier alpha value is -1.63. The molecule has 0 spiro atoms. The van der Waals surface area contributed by atoms with Gasteiger partial charge in [0.1, 0.15) is 0 Å². The number of hydrogen-bond acceptors (Lipinski definition) is 3. The summed E-state index contributed by atoms with van der Waals surface area (Å²) in [5, 5.41) is 8.91. The van der Waals surface area contributed by atoms with E-state index in [0.29, 0.717) is 13.2 Å². The summed E-state index contributed by atoms with van der Waals surface area (Å²) in [5.74, 6) is 0.0351. The third kappa shape index (κ3) is 2.17. The van der Waals surface area contributed by atoms with Gasteiger partial charge in [-0.3, -0.25) is 0 Å². The number of nitriles is 1. The van der Waals surface area contributed by atoms with Crippen LogP contribution in [0.25, 0.3) is 0 Å². The van der Waals surface area contributed by atoms with Crippen LogP contribution in [0.1, 0.15) is 12.0 Å². The lowest BCUT2D eigenvalue weighted by Crippen LogP contribution is -2.15. The summed E-state index contributed by atoms with van der Waals surface area (Å²) >= 11 is 0. The SMILES string of the molecule is N#C[C@H]1C[C@H]2O[C@@H]1C=C2COCc1ccccc1. The van der Waals surface area contributed by atoms with Crippen LogP contribution in [0.3, 0.4) is 0 Å². The molecule has 2 aliphatic rings. The molecule has 1 aromatic carbocycles. The lowest BCUT2D eigenvalue weighted by Gasteiger charge is -2.13. The molecule has 2 heterocycles. The monoisotopic (exact) mass is 241 g/mol. The second-order valence-corrected chi connectivity index (χ2v) is 4.78. The summed E-state index contributed by atoms with van der Waals surface area (Å²) in [6.07, 6.45) is 2.99. The fourth-order valence-electron chi connectivity index (χ4n) is 2.55. The van der Waals surface area contributed by atoms with Crippen LogP contribution in [-0.4, -0.2) is 18.8 Å². The van der Waals surface area contributed by atoms with E-state index in [4.69, 9.17) is 14.7 Å². The highest BCUT2D eigenvalue weighted by atomic mass is 16.5. The summed E-state index contributed by atoms with van der Waals surface area (Å²) in [7, 11) is 0. The first-order valence-electron chi connectivity index (χ1n) is 6.24. The molecule has 3 heteroatoms. The summed E-state index contributed by atoms with van der Waals surface area (Å²) in [6, 6.07) is 12.4. The van der Waals surface area contributed by atoms with Crippen LogP contribution in [0, 0.1) is 17.2 Å². The van der Waals surface area contributed by atoms with Crippen LogP contribution in [0.4, 0.5) is 0 Å². The fourth-order valence-corrected chi connectivity index (χ4v) is 2.55. The smallest absolute Gasteiger partial charge is 0.0927 e. The van der Waals surface area contributed by atoms with Crippen molar-refractivity contribution in [3.63, 3.8) is 0 Å². The lowest BCUT2D eigenvalue weighted by atomic mass is 9.91. The van der Waals surface area contributed by atoms with Crippen LogP contribution >= 0.6 is 0 Å². The average Bonchev–Trinajstić information content (AvgIpc) is 2.99. The Bertz CT molecular complexity index is 489. The second-order valence-electron chi connectivity index (χ2n) is 4.78. The van der Waals surface area contributed by atoms with E-state index in [1.165, 1.54) is 11.1 Å². The number of benzene rings is 1. The Morgan fingerprint density at radius 2 is 2.11 bits per heavy atom. The van der Waals surface area contributed by atoms with Crippen molar-refractivity contribution in [3.8, 4) is 6.07 Å². The predicted octanol–water partition coefficient (Wildman–Crippen LogP) is 2.44. The van der Waals surface area contributed by atoms with E-state index in [2.05, 4.69) is 24.3 Å². The van der Waals surface area contributed by atoms with Gasteiger partial charge in [-0.1, -0.05) is 36.4 Å². The van der Waals surface area contributed by atoms with Crippen molar-refractivity contribution in [2.45, 2.75) is 25.2 Å². The van der Waals surface area contributed by atoms with Gasteiger partial charge in [0.2, 0.25) is 0 Å². The van der Waals surface area contributed by atoms with Gasteiger partial charge in [0.15, 0.2) is 0 Å². The number of nitrogens with zero attached hydrogens (tertiary/aromatic N) is 1. The van der Waals surface area contributed by atoms with Gasteiger partial charge in [-0.15, -0.1) is 0 Å². The van der Waals surface area contributed by atoms with Crippen LogP contribution in [-0.2, 0) is 16.1 Å². The minimum Gasteiger partial charge on any atom is -0.372 e. The van der Waals surface area contributed by atoms with Gasteiger partial charge >= 0.3 is 0 Å². The van der Waals surface area contributed by atoms with Gasteiger partial charge in [-0.05, 0) is 17.6 Å². The van der Waals surface area contributed by atoms with Gasteiger partial charge < -0.3 is 9.47 Å². The third-order valence-corrected chi connectivity index (χ3v) is 3.52. The molecule has 2 aliphatic heterocycles. The highest BCUT2D eigenvalue weighted by molar-refractivity contribution is 5.25. The van der Waals surface area contributed by atoms with Gasteiger partial charge in [0.05, 0.1) is 37.4 Å². The maximum Gasteiger partial charge on any atom is 0.0927 e. The Balaban J connectivity index is 1.51. The molecule has 18 heavy (non-hydrogen) atoms. The van der Waals surface area contributed by atoms with Crippen LogP contribution in [0.5, 0.6) is 0 Å². The minimum atomic E-state index is -0.00433. The van der Waals surface area contributed by atoms with E-state index in [9.17, 15) is 0 Å². The molecule has 0 aliphatic carbocycles. The first kappa shape index (κ1) is 11.5. The predicted molar refractivity (Wildman–Crippen MR) is 66.6 cm³/mol. The Morgan fingerprint density at radius 1 is 1.28 bits per heavy atom. The summed E-state index contributed by atoms with van der Waals surface area (Å²) < 4.78 is 11.4. The molecule has 2 bridgehead atoms. The molecule has 1 fully saturated rings. The standard InChI is InChI=1S/C15H15NO2/c16-8-12-6-15-13(7-14(12)18-15)10-17-9-11-4-2-1-3-5-11/h1-5,7,12,14-15H,6,9-10H2/t12-,14-,15-/m1/s1. The normalized spacial score (nSPS) is 29.1. The molecular formula is C15H15NO2. The molecular weight excluding hydrogens is 226 g/mol. The Morgan fingerprint density at radius 3 is 2.78 bits per heavy atom. The second kappa shape index (κ2) is 4.93. The maximum atomic E-state index is 8.91. The Kier molecular flexibility index (Phi) is 3.14. The number of rotatable bonds is 4. The van der Waals surface area contributed by atoms with Crippen LogP contribution in [0.2, 0.25) is 0 Å². The van der Waals surface area contributed by atoms with Crippen molar-refractivity contribution in [3.05, 3.63) is 47.5 Å². The number of ether oxygens (including phenoxy) is 2. The first-order chi connectivity index (χ1) is 8.86. The van der Waals surface area contributed by atoms with E-state index in [0.717, 1.165) is 6.42 Å². The van der Waals surface area contributed by atoms with Crippen molar-refractivity contribution < 1.29 is 9.47 Å². The summed E-state index contributed by atoms with van der Waals surface area (Å²) in [6.45, 7) is 1.23. The molecule has 1 saturated heterocycles. The zero-order valence-corrected chi connectivity index (χ0v) is 10.1. The van der Waals surface area contributed by atoms with Gasteiger partial charge in [0, 0.05) is 0 Å². The highest BCUT2D eigenvalue weighted by Crippen LogP contribution is 2.37. The maximum absolute atomic E-state index is 8.91. The van der Waals surface area contributed by atoms with E-state index in [-0.39, 0.29) is 18.1 Å². The van der Waals surface area contributed by atoms with E-state index in [1.54, 1.807) is 0 Å². The van der Waals surface area contributed by atoms with Crippen molar-refractivity contribution in [1.29, 1.82) is 5.26 Å². The van der Waals surface area contributed by atoms with Crippen molar-refractivity contribution >= 4 is 0 Å². The molecule has 92 valence electrons. The molecule has 0 N–H and O–H groups in total. The first-order valence-corrected chi connectivity index (χ1v) is 6.24. The zero-order valence-electron chi connectivity index (χ0n) is 10.1. The summed E-state index contributed by atoms with van der Waals surface area (Å²) in [5.41, 5.74) is 2.37. The van der Waals surface area contributed by atoms with Gasteiger partial charge in [0.25, 0.3) is 0 Å². The Labute approximate surface area is 107 Å². The molecule has 0 amide bonds. The third-order valence-electron chi connectivity index (χ3n) is 3.52. The average molecular weight is 241 g/mol. The van der Waals surface area contributed by atoms with Crippen LogP contribution in [0.15, 0.2) is 42.0 Å². The van der Waals surface area contributed by atoms with Gasteiger partial charge in [-0.25, -0.2) is 0 Å². The number of hydrogen-bond donors (Lipinski definition) is 0. The summed E-state index contributed by atoms with van der Waals surface area (Å²) in [4.78, 5) is 0.